The van der Waals surface area contributed by atoms with Gasteiger partial charge in [0.2, 0.25) is 0 Å². The summed E-state index contributed by atoms with van der Waals surface area (Å²) in [5, 5.41) is 9.51. The molecule has 96 valence electrons. The Bertz CT molecular complexity index is 445. The minimum Gasteiger partial charge on any atom is -0.359 e. The molecule has 0 radical (unpaired) electrons. The predicted molar refractivity (Wildman–Crippen MR) is 74.7 cm³/mol. The summed E-state index contributed by atoms with van der Waals surface area (Å²) in [6, 6.07) is 10.2. The van der Waals surface area contributed by atoms with E-state index in [1.54, 1.807) is 0 Å². The summed E-state index contributed by atoms with van der Waals surface area (Å²) in [4.78, 5) is 2.34. The number of para-hydroxylation sites is 1. The van der Waals surface area contributed by atoms with Gasteiger partial charge < -0.3 is 9.38 Å². The highest BCUT2D eigenvalue weighted by Crippen LogP contribution is 2.27. The van der Waals surface area contributed by atoms with Crippen molar-refractivity contribution in [3.8, 4) is 6.07 Å². The fraction of sp³-hybridized carbons (Fsp3) is 0.500. The van der Waals surface area contributed by atoms with E-state index in [0.29, 0.717) is 6.42 Å². The van der Waals surface area contributed by atoms with Gasteiger partial charge in [0.1, 0.15) is 0 Å². The first-order chi connectivity index (χ1) is 8.64. The van der Waals surface area contributed by atoms with Crippen molar-refractivity contribution >= 4 is 17.3 Å². The van der Waals surface area contributed by atoms with E-state index in [4.69, 9.17) is 16.9 Å². The Kier molecular flexibility index (Phi) is 4.11. The van der Waals surface area contributed by atoms with Gasteiger partial charge in [0, 0.05) is 0 Å². The summed E-state index contributed by atoms with van der Waals surface area (Å²) in [7, 11) is 2.24. The number of benzene rings is 1. The molecule has 0 saturated carbocycles. The van der Waals surface area contributed by atoms with Gasteiger partial charge in [-0.1, -0.05) is 23.7 Å². The molecular weight excluding hydrogens is 246 g/mol. The maximum atomic E-state index is 8.69. The molecule has 0 unspecified atom stereocenters. The molecule has 4 heteroatoms. The Hall–Kier alpha value is -1.24. The van der Waals surface area contributed by atoms with E-state index >= 15 is 0 Å². The van der Waals surface area contributed by atoms with Gasteiger partial charge in [-0.2, -0.15) is 5.26 Å². The normalized spacial score (nSPS) is 18.4. The van der Waals surface area contributed by atoms with Crippen LogP contribution in [0.25, 0.3) is 0 Å². The topological polar surface area (TPSA) is 27.0 Å². The summed E-state index contributed by atoms with van der Waals surface area (Å²) in [6.07, 6.45) is 0.641. The number of hydrogen-bond acceptors (Lipinski definition) is 2. The SMILES string of the molecule is C[N+]1(CCC#N)CCN(c2ccccc2Cl)CC1. The molecule has 2 rings (SSSR count). The lowest BCUT2D eigenvalue weighted by Gasteiger charge is -2.42. The van der Waals surface area contributed by atoms with Gasteiger partial charge in [0.15, 0.2) is 0 Å². The van der Waals surface area contributed by atoms with Crippen molar-refractivity contribution in [3.63, 3.8) is 0 Å². The number of rotatable bonds is 3. The Morgan fingerprint density at radius 3 is 2.61 bits per heavy atom. The summed E-state index contributed by atoms with van der Waals surface area (Å²) in [5.41, 5.74) is 1.13. The third kappa shape index (κ3) is 2.95. The van der Waals surface area contributed by atoms with E-state index in [1.165, 1.54) is 0 Å². The minimum atomic E-state index is 0.641. The fourth-order valence-electron chi connectivity index (χ4n) is 2.44. The van der Waals surface area contributed by atoms with Gasteiger partial charge in [-0.05, 0) is 12.1 Å². The molecule has 1 aromatic rings. The second-order valence-corrected chi connectivity index (χ2v) is 5.54. The van der Waals surface area contributed by atoms with Gasteiger partial charge in [-0.25, -0.2) is 0 Å². The van der Waals surface area contributed by atoms with Crippen LogP contribution in [-0.4, -0.2) is 44.3 Å². The van der Waals surface area contributed by atoms with Crippen LogP contribution < -0.4 is 4.90 Å². The van der Waals surface area contributed by atoms with Crippen LogP contribution in [0.3, 0.4) is 0 Å². The first-order valence-corrected chi connectivity index (χ1v) is 6.72. The molecule has 18 heavy (non-hydrogen) atoms. The summed E-state index contributed by atoms with van der Waals surface area (Å²) < 4.78 is 0.995. The number of nitriles is 1. The molecule has 1 heterocycles. The van der Waals surface area contributed by atoms with Crippen LogP contribution in [-0.2, 0) is 0 Å². The molecule has 0 amide bonds. The standard InChI is InChI=1S/C14H19ClN3/c1-18(10-4-7-16)11-8-17(9-12-18)14-6-3-2-5-13(14)15/h2-3,5-6H,4,8-12H2,1H3/q+1. The van der Waals surface area contributed by atoms with Crippen molar-refractivity contribution in [2.45, 2.75) is 6.42 Å². The predicted octanol–water partition coefficient (Wildman–Crippen LogP) is 2.52. The zero-order chi connectivity index (χ0) is 13.0. The number of piperazine rings is 1. The number of halogens is 1. The summed E-state index contributed by atoms with van der Waals surface area (Å²) >= 11 is 6.22. The van der Waals surface area contributed by atoms with Crippen LogP contribution >= 0.6 is 11.6 Å². The van der Waals surface area contributed by atoms with Crippen molar-refractivity contribution < 1.29 is 4.48 Å². The zero-order valence-electron chi connectivity index (χ0n) is 10.8. The number of quaternary nitrogens is 1. The lowest BCUT2D eigenvalue weighted by molar-refractivity contribution is -0.909. The lowest BCUT2D eigenvalue weighted by Crippen LogP contribution is -2.57. The third-order valence-corrected chi connectivity index (χ3v) is 4.10. The van der Waals surface area contributed by atoms with Crippen molar-refractivity contribution in [1.29, 1.82) is 5.26 Å². The van der Waals surface area contributed by atoms with Gasteiger partial charge in [-0.3, -0.25) is 0 Å². The van der Waals surface area contributed by atoms with E-state index in [2.05, 4.69) is 24.1 Å². The number of nitrogens with zero attached hydrogens (tertiary/aromatic N) is 3. The molecule has 3 nitrogen and oxygen atoms in total. The molecule has 1 aliphatic heterocycles. The first kappa shape index (κ1) is 13.2. The zero-order valence-corrected chi connectivity index (χ0v) is 11.5. The van der Waals surface area contributed by atoms with Crippen LogP contribution in [0.1, 0.15) is 6.42 Å². The molecule has 1 saturated heterocycles. The Labute approximate surface area is 114 Å². The number of anilines is 1. The van der Waals surface area contributed by atoms with Crippen LogP contribution in [0.2, 0.25) is 5.02 Å². The number of likely N-dealkylation sites (N-methyl/N-ethyl adjacent to an activating group) is 1. The average Bonchev–Trinajstić information content (AvgIpc) is 2.39. The first-order valence-electron chi connectivity index (χ1n) is 6.35. The van der Waals surface area contributed by atoms with Gasteiger partial charge in [-0.15, -0.1) is 0 Å². The fourth-order valence-corrected chi connectivity index (χ4v) is 2.70. The quantitative estimate of drug-likeness (QED) is 0.785. The molecule has 0 atom stereocenters. The van der Waals surface area contributed by atoms with Crippen LogP contribution in [0, 0.1) is 11.3 Å². The average molecular weight is 265 g/mol. The molecule has 1 fully saturated rings. The largest absolute Gasteiger partial charge is 0.359 e. The lowest BCUT2D eigenvalue weighted by atomic mass is 10.2. The van der Waals surface area contributed by atoms with Crippen LogP contribution in [0.15, 0.2) is 24.3 Å². The van der Waals surface area contributed by atoms with Crippen molar-refractivity contribution in [3.05, 3.63) is 29.3 Å². The van der Waals surface area contributed by atoms with Crippen LogP contribution in [0.5, 0.6) is 0 Å². The second kappa shape index (κ2) is 5.60. The monoisotopic (exact) mass is 264 g/mol. The summed E-state index contributed by atoms with van der Waals surface area (Å²) in [5.74, 6) is 0. The maximum absolute atomic E-state index is 8.69. The van der Waals surface area contributed by atoms with Gasteiger partial charge >= 0.3 is 0 Å². The number of hydrogen-bond donors (Lipinski definition) is 0. The molecule has 0 N–H and O–H groups in total. The van der Waals surface area contributed by atoms with Gasteiger partial charge in [0.05, 0.1) is 63.0 Å². The Morgan fingerprint density at radius 1 is 1.33 bits per heavy atom. The molecule has 0 bridgehead atoms. The molecule has 0 aromatic heterocycles. The van der Waals surface area contributed by atoms with E-state index < -0.39 is 0 Å². The molecular formula is C14H19ClN3+. The Morgan fingerprint density at radius 2 is 2.00 bits per heavy atom. The van der Waals surface area contributed by atoms with Crippen LogP contribution in [0.4, 0.5) is 5.69 Å². The maximum Gasteiger partial charge on any atom is 0.0963 e. The molecule has 1 aliphatic rings. The highest BCUT2D eigenvalue weighted by atomic mass is 35.5. The minimum absolute atomic E-state index is 0.641. The van der Waals surface area contributed by atoms with E-state index in [1.807, 2.05) is 18.2 Å². The van der Waals surface area contributed by atoms with E-state index in [0.717, 1.165) is 47.9 Å². The second-order valence-electron chi connectivity index (χ2n) is 5.14. The molecule has 0 aliphatic carbocycles. The smallest absolute Gasteiger partial charge is 0.0963 e. The van der Waals surface area contributed by atoms with Gasteiger partial charge in [0.25, 0.3) is 0 Å². The molecule has 1 aromatic carbocycles. The van der Waals surface area contributed by atoms with E-state index in [-0.39, 0.29) is 0 Å². The summed E-state index contributed by atoms with van der Waals surface area (Å²) in [6.45, 7) is 5.12. The Balaban J connectivity index is 1.99. The third-order valence-electron chi connectivity index (χ3n) is 3.78. The highest BCUT2D eigenvalue weighted by molar-refractivity contribution is 6.33. The molecule has 0 spiro atoms. The van der Waals surface area contributed by atoms with Crippen molar-refractivity contribution in [1.82, 2.24) is 0 Å². The van der Waals surface area contributed by atoms with Crippen molar-refractivity contribution in [2.24, 2.45) is 0 Å². The highest BCUT2D eigenvalue weighted by Gasteiger charge is 2.28. The van der Waals surface area contributed by atoms with Crippen molar-refractivity contribution in [2.75, 3.05) is 44.7 Å². The van der Waals surface area contributed by atoms with E-state index in [9.17, 15) is 0 Å².